The Morgan fingerprint density at radius 1 is 1.00 bits per heavy atom. The first-order valence-electron chi connectivity index (χ1n) is 3.53. The lowest BCUT2D eigenvalue weighted by molar-refractivity contribution is -0.121. The Hall–Kier alpha value is -0.920. The molecule has 0 N–H and O–H groups in total. The fourth-order valence-electron chi connectivity index (χ4n) is 0.599. The van der Waals surface area contributed by atoms with Crippen molar-refractivity contribution in [1.82, 2.24) is 0 Å². The quantitative estimate of drug-likeness (QED) is 0.511. The van der Waals surface area contributed by atoms with Crippen molar-refractivity contribution >= 4 is 11.6 Å². The van der Waals surface area contributed by atoms with Crippen LogP contribution in [0.2, 0.25) is 0 Å². The minimum atomic E-state index is 0.0598. The minimum Gasteiger partial charge on any atom is -0.295 e. The zero-order valence-electron chi connectivity index (χ0n) is 6.39. The number of hydrogen-bond donors (Lipinski definition) is 0. The average molecular weight is 140 g/mol. The van der Waals surface area contributed by atoms with Crippen LogP contribution in [-0.4, -0.2) is 11.6 Å². The maximum absolute atomic E-state index is 10.4. The van der Waals surface area contributed by atoms with Gasteiger partial charge in [0.05, 0.1) is 0 Å². The van der Waals surface area contributed by atoms with Crippen LogP contribution in [0.4, 0.5) is 0 Å². The van der Waals surface area contributed by atoms with E-state index >= 15 is 0 Å². The molecule has 0 radical (unpaired) electrons. The van der Waals surface area contributed by atoms with Crippen LogP contribution in [0.25, 0.3) is 0 Å². The zero-order chi connectivity index (χ0) is 7.98. The Morgan fingerprint density at radius 3 is 1.50 bits per heavy atom. The Morgan fingerprint density at radius 2 is 1.30 bits per heavy atom. The third-order valence-corrected chi connectivity index (χ3v) is 1.07. The van der Waals surface area contributed by atoms with Crippen LogP contribution >= 0.6 is 0 Å². The summed E-state index contributed by atoms with van der Waals surface area (Å²) in [5.41, 5.74) is 0. The van der Waals surface area contributed by atoms with Crippen molar-refractivity contribution < 1.29 is 9.59 Å². The standard InChI is InChI=1S/C6H6O2.C2H6/c7-5-1-2-6(8)4-3-5;1-2/h1-2H,3-4H2;1-2H3. The molecule has 0 aromatic rings. The summed E-state index contributed by atoms with van der Waals surface area (Å²) in [7, 11) is 0. The predicted molar refractivity (Wildman–Crippen MR) is 39.7 cm³/mol. The van der Waals surface area contributed by atoms with Gasteiger partial charge in [-0.3, -0.25) is 9.59 Å². The van der Waals surface area contributed by atoms with Gasteiger partial charge in [0.15, 0.2) is 11.6 Å². The molecule has 0 aliphatic heterocycles. The average Bonchev–Trinajstić information content (AvgIpc) is 2.00. The van der Waals surface area contributed by atoms with E-state index in [2.05, 4.69) is 0 Å². The predicted octanol–water partition coefficient (Wildman–Crippen LogP) is 1.50. The summed E-state index contributed by atoms with van der Waals surface area (Å²) in [6, 6.07) is 0. The molecule has 0 bridgehead atoms. The lowest BCUT2D eigenvalue weighted by Gasteiger charge is -1.96. The van der Waals surface area contributed by atoms with Gasteiger partial charge in [-0.05, 0) is 12.2 Å². The molecule has 2 heteroatoms. The maximum Gasteiger partial charge on any atom is 0.156 e. The van der Waals surface area contributed by atoms with Crippen molar-refractivity contribution in [2.75, 3.05) is 0 Å². The molecule has 0 amide bonds. The second-order valence-corrected chi connectivity index (χ2v) is 1.77. The van der Waals surface area contributed by atoms with Crippen LogP contribution < -0.4 is 0 Å². The van der Waals surface area contributed by atoms with E-state index in [-0.39, 0.29) is 11.6 Å². The van der Waals surface area contributed by atoms with Gasteiger partial charge in [-0.1, -0.05) is 13.8 Å². The third kappa shape index (κ3) is 3.17. The highest BCUT2D eigenvalue weighted by Gasteiger charge is 2.06. The number of carbonyl (C=O) groups is 2. The van der Waals surface area contributed by atoms with Crippen LogP contribution in [0.5, 0.6) is 0 Å². The fourth-order valence-corrected chi connectivity index (χ4v) is 0.599. The van der Waals surface area contributed by atoms with E-state index in [4.69, 9.17) is 0 Å². The number of carbonyl (C=O) groups excluding carboxylic acids is 2. The molecule has 0 fully saturated rings. The summed E-state index contributed by atoms with van der Waals surface area (Å²) in [5, 5.41) is 0. The molecule has 0 atom stereocenters. The van der Waals surface area contributed by atoms with Gasteiger partial charge in [-0.2, -0.15) is 0 Å². The lowest BCUT2D eigenvalue weighted by atomic mass is 10.1. The van der Waals surface area contributed by atoms with Crippen LogP contribution in [0.1, 0.15) is 26.7 Å². The molecule has 1 aliphatic carbocycles. The topological polar surface area (TPSA) is 34.1 Å². The summed E-state index contributed by atoms with van der Waals surface area (Å²) in [5.74, 6) is 0.120. The molecule has 2 nitrogen and oxygen atoms in total. The molecule has 1 rings (SSSR count). The van der Waals surface area contributed by atoms with E-state index in [1.165, 1.54) is 12.2 Å². The Balaban J connectivity index is 0.000000371. The maximum atomic E-state index is 10.4. The lowest BCUT2D eigenvalue weighted by Crippen LogP contribution is -2.05. The number of ketones is 2. The first kappa shape index (κ1) is 9.08. The molecular formula is C8H12O2. The van der Waals surface area contributed by atoms with Crippen LogP contribution in [0.3, 0.4) is 0 Å². The fraction of sp³-hybridized carbons (Fsp3) is 0.500. The van der Waals surface area contributed by atoms with Gasteiger partial charge in [0.25, 0.3) is 0 Å². The number of rotatable bonds is 0. The van der Waals surface area contributed by atoms with E-state index < -0.39 is 0 Å². The minimum absolute atomic E-state index is 0.0598. The Bertz CT molecular complexity index is 139. The highest BCUT2D eigenvalue weighted by Crippen LogP contribution is 2.00. The molecule has 0 unspecified atom stereocenters. The summed E-state index contributed by atoms with van der Waals surface area (Å²) >= 11 is 0. The highest BCUT2D eigenvalue weighted by atomic mass is 16.1. The molecule has 56 valence electrons. The zero-order valence-corrected chi connectivity index (χ0v) is 6.39. The molecule has 10 heavy (non-hydrogen) atoms. The first-order valence-corrected chi connectivity index (χ1v) is 3.53. The molecule has 1 aliphatic rings. The highest BCUT2D eigenvalue weighted by molar-refractivity contribution is 6.04. The van der Waals surface area contributed by atoms with E-state index in [0.717, 1.165) is 0 Å². The number of allylic oxidation sites excluding steroid dienone is 2. The van der Waals surface area contributed by atoms with E-state index in [0.29, 0.717) is 12.8 Å². The van der Waals surface area contributed by atoms with Gasteiger partial charge >= 0.3 is 0 Å². The molecular weight excluding hydrogens is 128 g/mol. The summed E-state index contributed by atoms with van der Waals surface area (Å²) in [6.07, 6.45) is 3.47. The van der Waals surface area contributed by atoms with Crippen LogP contribution in [0, 0.1) is 0 Å². The molecule has 0 aromatic carbocycles. The molecule has 0 heterocycles. The Kier molecular flexibility index (Phi) is 4.46. The third-order valence-electron chi connectivity index (χ3n) is 1.07. The van der Waals surface area contributed by atoms with Crippen molar-refractivity contribution in [1.29, 1.82) is 0 Å². The van der Waals surface area contributed by atoms with E-state index in [1.807, 2.05) is 13.8 Å². The van der Waals surface area contributed by atoms with Gasteiger partial charge in [-0.15, -0.1) is 0 Å². The van der Waals surface area contributed by atoms with Crippen LogP contribution in [0.15, 0.2) is 12.2 Å². The van der Waals surface area contributed by atoms with Gasteiger partial charge < -0.3 is 0 Å². The van der Waals surface area contributed by atoms with Crippen molar-refractivity contribution in [2.45, 2.75) is 26.7 Å². The Labute approximate surface area is 60.9 Å². The van der Waals surface area contributed by atoms with E-state index in [1.54, 1.807) is 0 Å². The SMILES string of the molecule is CC.O=C1C=CC(=O)CC1. The van der Waals surface area contributed by atoms with E-state index in [9.17, 15) is 9.59 Å². The molecule has 0 saturated carbocycles. The number of hydrogen-bond acceptors (Lipinski definition) is 2. The van der Waals surface area contributed by atoms with Gasteiger partial charge in [0.2, 0.25) is 0 Å². The summed E-state index contributed by atoms with van der Waals surface area (Å²) < 4.78 is 0. The second-order valence-electron chi connectivity index (χ2n) is 1.77. The second kappa shape index (κ2) is 4.91. The molecule has 0 aromatic heterocycles. The van der Waals surface area contributed by atoms with Crippen molar-refractivity contribution in [3.05, 3.63) is 12.2 Å². The van der Waals surface area contributed by atoms with Gasteiger partial charge in [-0.25, -0.2) is 0 Å². The van der Waals surface area contributed by atoms with Crippen molar-refractivity contribution in [2.24, 2.45) is 0 Å². The normalized spacial score (nSPS) is 16.2. The summed E-state index contributed by atoms with van der Waals surface area (Å²) in [6.45, 7) is 4.00. The smallest absolute Gasteiger partial charge is 0.156 e. The largest absolute Gasteiger partial charge is 0.295 e. The monoisotopic (exact) mass is 140 g/mol. The van der Waals surface area contributed by atoms with Crippen LogP contribution in [-0.2, 0) is 9.59 Å². The molecule has 0 saturated heterocycles. The van der Waals surface area contributed by atoms with Gasteiger partial charge in [0, 0.05) is 12.8 Å². The molecule has 0 spiro atoms. The first-order chi connectivity index (χ1) is 4.79. The van der Waals surface area contributed by atoms with Crippen molar-refractivity contribution in [3.63, 3.8) is 0 Å². The van der Waals surface area contributed by atoms with Gasteiger partial charge in [0.1, 0.15) is 0 Å². The summed E-state index contributed by atoms with van der Waals surface area (Å²) in [4.78, 5) is 20.7. The van der Waals surface area contributed by atoms with Crippen molar-refractivity contribution in [3.8, 4) is 0 Å².